The molecule has 3 aromatic rings. The average Bonchev–Trinajstić information content (AvgIpc) is 2.75. The fourth-order valence-corrected chi connectivity index (χ4v) is 2.78. The Morgan fingerprint density at radius 1 is 1.03 bits per heavy atom. The van der Waals surface area contributed by atoms with Gasteiger partial charge in [0.1, 0.15) is 23.0 Å². The minimum absolute atomic E-state index is 0.265. The molecule has 0 aliphatic heterocycles. The highest BCUT2D eigenvalue weighted by molar-refractivity contribution is 5.94. The molecule has 0 saturated carbocycles. The molecule has 1 aromatic heterocycles. The van der Waals surface area contributed by atoms with Gasteiger partial charge in [-0.2, -0.15) is 0 Å². The Balaban J connectivity index is 1.58. The summed E-state index contributed by atoms with van der Waals surface area (Å²) in [5, 5.41) is 5.31. The first-order valence-electron chi connectivity index (χ1n) is 9.45. The van der Waals surface area contributed by atoms with Crippen LogP contribution in [0.4, 0.5) is 4.39 Å². The fourth-order valence-electron chi connectivity index (χ4n) is 2.78. The molecule has 0 atom stereocenters. The van der Waals surface area contributed by atoms with E-state index in [-0.39, 0.29) is 17.5 Å². The number of nitrogens with zero attached hydrogens (tertiary/aromatic N) is 1. The third kappa shape index (κ3) is 5.41. The Kier molecular flexibility index (Phi) is 6.75. The van der Waals surface area contributed by atoms with Gasteiger partial charge in [-0.3, -0.25) is 14.6 Å². The average molecular weight is 407 g/mol. The minimum Gasteiger partial charge on any atom is -0.457 e. The minimum atomic E-state index is -0.400. The number of benzene rings is 2. The van der Waals surface area contributed by atoms with E-state index in [4.69, 9.17) is 4.74 Å². The Labute approximate surface area is 174 Å². The highest BCUT2D eigenvalue weighted by Gasteiger charge is 2.09. The molecular weight excluding hydrogens is 385 g/mol. The molecule has 7 heteroatoms. The molecule has 0 aliphatic rings. The maximum atomic E-state index is 13.6. The van der Waals surface area contributed by atoms with E-state index in [1.54, 1.807) is 37.3 Å². The third-order valence-electron chi connectivity index (χ3n) is 4.46. The zero-order valence-corrected chi connectivity index (χ0v) is 16.7. The van der Waals surface area contributed by atoms with Gasteiger partial charge in [-0.15, -0.1) is 0 Å². The summed E-state index contributed by atoms with van der Waals surface area (Å²) in [6.45, 7) is 2.05. The molecule has 0 saturated heterocycles. The molecule has 0 spiro atoms. The molecule has 0 unspecified atom stereocenters. The Bertz CT molecular complexity index is 1070. The summed E-state index contributed by atoms with van der Waals surface area (Å²) in [7, 11) is 1.54. The van der Waals surface area contributed by atoms with Crippen molar-refractivity contribution >= 4 is 11.8 Å². The van der Waals surface area contributed by atoms with Crippen LogP contribution in [-0.2, 0) is 6.42 Å². The number of hydrogen-bond acceptors (Lipinski definition) is 4. The summed E-state index contributed by atoms with van der Waals surface area (Å²) < 4.78 is 19.4. The number of carbonyl (C=O) groups is 2. The first-order valence-corrected chi connectivity index (χ1v) is 9.45. The zero-order chi connectivity index (χ0) is 21.5. The van der Waals surface area contributed by atoms with E-state index in [1.807, 2.05) is 18.2 Å². The molecule has 0 fully saturated rings. The first kappa shape index (κ1) is 21.0. The molecule has 2 amide bonds. The van der Waals surface area contributed by atoms with Gasteiger partial charge in [0.25, 0.3) is 11.8 Å². The van der Waals surface area contributed by atoms with Crippen molar-refractivity contribution in [3.05, 3.63) is 89.0 Å². The van der Waals surface area contributed by atoms with Crippen molar-refractivity contribution in [1.82, 2.24) is 15.6 Å². The van der Waals surface area contributed by atoms with Crippen LogP contribution < -0.4 is 15.4 Å². The number of hydrogen-bond donors (Lipinski definition) is 2. The number of halogens is 1. The van der Waals surface area contributed by atoms with E-state index < -0.39 is 5.82 Å². The van der Waals surface area contributed by atoms with Gasteiger partial charge in [-0.05, 0) is 54.8 Å². The topological polar surface area (TPSA) is 80.3 Å². The molecular formula is C23H22FN3O3. The van der Waals surface area contributed by atoms with Crippen molar-refractivity contribution in [1.29, 1.82) is 0 Å². The number of nitrogens with one attached hydrogen (secondary N) is 2. The second-order valence-corrected chi connectivity index (χ2v) is 6.68. The van der Waals surface area contributed by atoms with Crippen molar-refractivity contribution in [2.45, 2.75) is 13.3 Å². The quantitative estimate of drug-likeness (QED) is 0.627. The predicted octanol–water partition coefficient (Wildman–Crippen LogP) is 3.65. The van der Waals surface area contributed by atoms with Gasteiger partial charge < -0.3 is 15.4 Å². The van der Waals surface area contributed by atoms with Gasteiger partial charge >= 0.3 is 0 Å². The molecule has 2 aromatic carbocycles. The molecule has 1 heterocycles. The van der Waals surface area contributed by atoms with E-state index in [0.29, 0.717) is 35.6 Å². The molecule has 0 aliphatic carbocycles. The van der Waals surface area contributed by atoms with Crippen molar-refractivity contribution in [3.63, 3.8) is 0 Å². The van der Waals surface area contributed by atoms with Crippen molar-refractivity contribution in [2.75, 3.05) is 13.6 Å². The number of amides is 2. The van der Waals surface area contributed by atoms with Crippen LogP contribution >= 0.6 is 0 Å². The smallest absolute Gasteiger partial charge is 0.269 e. The van der Waals surface area contributed by atoms with Crippen LogP contribution in [-0.4, -0.2) is 30.4 Å². The summed E-state index contributed by atoms with van der Waals surface area (Å²) >= 11 is 0. The van der Waals surface area contributed by atoms with E-state index in [0.717, 1.165) is 5.56 Å². The maximum absolute atomic E-state index is 13.6. The predicted molar refractivity (Wildman–Crippen MR) is 111 cm³/mol. The monoisotopic (exact) mass is 407 g/mol. The maximum Gasteiger partial charge on any atom is 0.269 e. The number of aryl methyl sites for hydroxylation is 1. The Morgan fingerprint density at radius 3 is 2.60 bits per heavy atom. The van der Waals surface area contributed by atoms with E-state index >= 15 is 0 Å². The lowest BCUT2D eigenvalue weighted by Crippen LogP contribution is -2.25. The van der Waals surface area contributed by atoms with Crippen LogP contribution in [0.3, 0.4) is 0 Å². The molecule has 154 valence electrons. The van der Waals surface area contributed by atoms with E-state index in [1.165, 1.54) is 19.3 Å². The standard InChI is InChI=1S/C23H22FN3O3/c1-15-6-7-17(13-20(15)24)22(28)27-10-8-16-4-3-5-18(12-16)30-19-9-11-26-21(14-19)23(29)25-2/h3-7,9,11-14H,8,10H2,1-2H3,(H,25,29)(H,27,28). The highest BCUT2D eigenvalue weighted by atomic mass is 19.1. The van der Waals surface area contributed by atoms with E-state index in [9.17, 15) is 14.0 Å². The zero-order valence-electron chi connectivity index (χ0n) is 16.7. The molecule has 2 N–H and O–H groups in total. The number of ether oxygens (including phenoxy) is 1. The Hall–Kier alpha value is -3.74. The molecule has 0 radical (unpaired) electrons. The van der Waals surface area contributed by atoms with Gasteiger partial charge in [-0.25, -0.2) is 4.39 Å². The van der Waals surface area contributed by atoms with Gasteiger partial charge in [0.15, 0.2) is 0 Å². The SMILES string of the molecule is CNC(=O)c1cc(Oc2cccc(CCNC(=O)c3ccc(C)c(F)c3)c2)ccn1. The molecule has 3 rings (SSSR count). The lowest BCUT2D eigenvalue weighted by molar-refractivity contribution is 0.0947. The molecule has 6 nitrogen and oxygen atoms in total. The third-order valence-corrected chi connectivity index (χ3v) is 4.46. The normalized spacial score (nSPS) is 10.4. The van der Waals surface area contributed by atoms with Gasteiger partial charge in [0.2, 0.25) is 0 Å². The van der Waals surface area contributed by atoms with Gasteiger partial charge in [-0.1, -0.05) is 18.2 Å². The first-order chi connectivity index (χ1) is 14.5. The fraction of sp³-hybridized carbons (Fsp3) is 0.174. The largest absolute Gasteiger partial charge is 0.457 e. The van der Waals surface area contributed by atoms with Crippen LogP contribution in [0, 0.1) is 12.7 Å². The van der Waals surface area contributed by atoms with Crippen molar-refractivity contribution in [2.24, 2.45) is 0 Å². The second-order valence-electron chi connectivity index (χ2n) is 6.68. The summed E-state index contributed by atoms with van der Waals surface area (Å²) in [6, 6.07) is 15.1. The lowest BCUT2D eigenvalue weighted by Gasteiger charge is -2.09. The van der Waals surface area contributed by atoms with E-state index in [2.05, 4.69) is 15.6 Å². The number of carbonyl (C=O) groups excluding carboxylic acids is 2. The summed E-state index contributed by atoms with van der Waals surface area (Å²) in [4.78, 5) is 27.9. The lowest BCUT2D eigenvalue weighted by atomic mass is 10.1. The van der Waals surface area contributed by atoms with Crippen molar-refractivity contribution < 1.29 is 18.7 Å². The molecule has 0 bridgehead atoms. The summed E-state index contributed by atoms with van der Waals surface area (Å²) in [5.74, 6) is 0.0883. The van der Waals surface area contributed by atoms with Crippen molar-refractivity contribution in [3.8, 4) is 11.5 Å². The van der Waals surface area contributed by atoms with Gasteiger partial charge in [0.05, 0.1) is 0 Å². The molecule has 30 heavy (non-hydrogen) atoms. The van der Waals surface area contributed by atoms with Gasteiger partial charge in [0, 0.05) is 31.4 Å². The number of pyridine rings is 1. The van der Waals surface area contributed by atoms with Crippen LogP contribution in [0.5, 0.6) is 11.5 Å². The van der Waals surface area contributed by atoms with Crippen LogP contribution in [0.2, 0.25) is 0 Å². The highest BCUT2D eigenvalue weighted by Crippen LogP contribution is 2.22. The van der Waals surface area contributed by atoms with Crippen LogP contribution in [0.15, 0.2) is 60.8 Å². The summed E-state index contributed by atoms with van der Waals surface area (Å²) in [5.41, 5.74) is 2.02. The van der Waals surface area contributed by atoms with Crippen LogP contribution in [0.1, 0.15) is 32.0 Å². The number of aromatic nitrogens is 1. The Morgan fingerprint density at radius 2 is 1.83 bits per heavy atom. The van der Waals surface area contributed by atoms with Crippen LogP contribution in [0.25, 0.3) is 0 Å². The number of rotatable bonds is 7. The second kappa shape index (κ2) is 9.65. The summed E-state index contributed by atoms with van der Waals surface area (Å²) in [6.07, 6.45) is 2.09.